The Morgan fingerprint density at radius 1 is 1.21 bits per heavy atom. The third kappa shape index (κ3) is 3.17. The molecule has 1 N–H and O–H groups in total. The first-order valence-electron chi connectivity index (χ1n) is 10.6. The summed E-state index contributed by atoms with van der Waals surface area (Å²) in [7, 11) is 0. The Morgan fingerprint density at radius 3 is 2.50 bits per heavy atom. The zero-order valence-electron chi connectivity index (χ0n) is 17.0. The summed E-state index contributed by atoms with van der Waals surface area (Å²) in [6.45, 7) is 6.50. The Kier molecular flexibility index (Phi) is 4.70. The molecule has 4 fully saturated rings. The van der Waals surface area contributed by atoms with Crippen LogP contribution in [0.1, 0.15) is 55.9 Å². The molecule has 4 aliphatic rings. The van der Waals surface area contributed by atoms with Crippen LogP contribution in [0.4, 0.5) is 0 Å². The predicted octanol–water partition coefficient (Wildman–Crippen LogP) is 5.12. The van der Waals surface area contributed by atoms with E-state index in [4.69, 9.17) is 0 Å². The fraction of sp³-hybridized carbons (Fsp3) is 0.682. The van der Waals surface area contributed by atoms with Crippen molar-refractivity contribution >= 4 is 39.2 Å². The molecule has 2 heterocycles. The topological polar surface area (TPSA) is 54.9 Å². The summed E-state index contributed by atoms with van der Waals surface area (Å²) in [6, 6.07) is 0.282. The summed E-state index contributed by atoms with van der Waals surface area (Å²) in [5.74, 6) is 3.32. The summed E-state index contributed by atoms with van der Waals surface area (Å²) in [6.07, 6.45) is 9.93. The highest BCUT2D eigenvalue weighted by Gasteiger charge is 2.53. The van der Waals surface area contributed by atoms with Crippen molar-refractivity contribution in [2.45, 2.75) is 70.4 Å². The maximum atomic E-state index is 12.8. The molecule has 4 bridgehead atoms. The number of nitrogens with one attached hydrogen (secondary N) is 1. The van der Waals surface area contributed by atoms with Crippen LogP contribution in [0.25, 0.3) is 10.2 Å². The van der Waals surface area contributed by atoms with E-state index in [1.165, 1.54) is 49.0 Å². The number of amides is 1. The molecule has 0 radical (unpaired) electrons. The number of thiophene rings is 1. The summed E-state index contributed by atoms with van der Waals surface area (Å²) in [4.78, 5) is 23.9. The minimum absolute atomic E-state index is 0.143. The fourth-order valence-corrected chi connectivity index (χ4v) is 8.47. The van der Waals surface area contributed by atoms with Crippen molar-refractivity contribution < 1.29 is 4.79 Å². The Bertz CT molecular complexity index is 887. The Balaban J connectivity index is 1.25. The standard InChI is InChI=1S/C22H29N3OS2/c1-12-13(2)28-21-19(12)20(23-11-24-21)27-10-18(26)25-14(3)22-7-15-4-16(8-22)6-17(5-15)9-22/h11,14-17H,4-10H2,1-3H3,(H,25,26). The van der Waals surface area contributed by atoms with Crippen molar-refractivity contribution in [1.82, 2.24) is 15.3 Å². The lowest BCUT2D eigenvalue weighted by atomic mass is 9.48. The molecule has 2 aromatic heterocycles. The minimum Gasteiger partial charge on any atom is -0.352 e. The Labute approximate surface area is 175 Å². The van der Waals surface area contributed by atoms with Crippen molar-refractivity contribution in [3.05, 3.63) is 16.8 Å². The molecule has 0 aliphatic heterocycles. The summed E-state index contributed by atoms with van der Waals surface area (Å²) in [5.41, 5.74) is 1.60. The van der Waals surface area contributed by atoms with Crippen molar-refractivity contribution in [1.29, 1.82) is 0 Å². The number of aryl methyl sites for hydroxylation is 2. The molecular weight excluding hydrogens is 386 g/mol. The van der Waals surface area contributed by atoms with Crippen LogP contribution in [0, 0.1) is 37.0 Å². The molecule has 1 unspecified atom stereocenters. The highest BCUT2D eigenvalue weighted by molar-refractivity contribution is 8.00. The third-order valence-corrected chi connectivity index (χ3v) is 9.76. The lowest BCUT2D eigenvalue weighted by Gasteiger charge is -2.59. The van der Waals surface area contributed by atoms with Crippen LogP contribution in [-0.2, 0) is 4.79 Å². The van der Waals surface area contributed by atoms with Gasteiger partial charge in [-0.05, 0) is 88.0 Å². The first-order valence-corrected chi connectivity index (χ1v) is 12.4. The Morgan fingerprint density at radius 2 is 1.86 bits per heavy atom. The van der Waals surface area contributed by atoms with Gasteiger partial charge >= 0.3 is 0 Å². The van der Waals surface area contributed by atoms with E-state index >= 15 is 0 Å². The van der Waals surface area contributed by atoms with E-state index in [1.54, 1.807) is 29.4 Å². The summed E-state index contributed by atoms with van der Waals surface area (Å²) in [5, 5.41) is 5.43. The molecule has 150 valence electrons. The molecule has 1 atom stereocenters. The number of hydrogen-bond donors (Lipinski definition) is 1. The van der Waals surface area contributed by atoms with Crippen LogP contribution in [0.2, 0.25) is 0 Å². The van der Waals surface area contributed by atoms with E-state index in [2.05, 4.69) is 36.1 Å². The van der Waals surface area contributed by atoms with Gasteiger partial charge in [-0.25, -0.2) is 9.97 Å². The molecular formula is C22H29N3OS2. The van der Waals surface area contributed by atoms with Crippen LogP contribution in [0.3, 0.4) is 0 Å². The minimum atomic E-state index is 0.143. The number of nitrogens with zero attached hydrogens (tertiary/aromatic N) is 2. The molecule has 1 amide bonds. The van der Waals surface area contributed by atoms with E-state index in [9.17, 15) is 4.79 Å². The van der Waals surface area contributed by atoms with Crippen LogP contribution in [0.5, 0.6) is 0 Å². The average molecular weight is 416 g/mol. The molecule has 0 spiro atoms. The Hall–Kier alpha value is -1.14. The molecule has 6 heteroatoms. The van der Waals surface area contributed by atoms with Gasteiger partial charge in [0.15, 0.2) is 0 Å². The molecule has 4 saturated carbocycles. The molecule has 2 aromatic rings. The van der Waals surface area contributed by atoms with Crippen molar-refractivity contribution in [2.24, 2.45) is 23.2 Å². The van der Waals surface area contributed by atoms with Crippen LogP contribution >= 0.6 is 23.1 Å². The molecule has 4 nitrogen and oxygen atoms in total. The van der Waals surface area contributed by atoms with Crippen LogP contribution in [0.15, 0.2) is 11.4 Å². The smallest absolute Gasteiger partial charge is 0.230 e. The van der Waals surface area contributed by atoms with E-state index < -0.39 is 0 Å². The summed E-state index contributed by atoms with van der Waals surface area (Å²) >= 11 is 3.25. The maximum Gasteiger partial charge on any atom is 0.230 e. The van der Waals surface area contributed by atoms with Gasteiger partial charge in [-0.1, -0.05) is 11.8 Å². The zero-order valence-corrected chi connectivity index (χ0v) is 18.6. The van der Waals surface area contributed by atoms with E-state index in [1.807, 2.05) is 0 Å². The number of rotatable bonds is 5. The molecule has 0 aromatic carbocycles. The number of fused-ring (bicyclic) bond motifs is 1. The van der Waals surface area contributed by atoms with Crippen molar-refractivity contribution in [3.63, 3.8) is 0 Å². The van der Waals surface area contributed by atoms with Gasteiger partial charge in [-0.15, -0.1) is 11.3 Å². The van der Waals surface area contributed by atoms with E-state index in [0.717, 1.165) is 33.0 Å². The molecule has 4 aliphatic carbocycles. The second kappa shape index (κ2) is 6.98. The number of thioether (sulfide) groups is 1. The normalized spacial score (nSPS) is 32.0. The largest absolute Gasteiger partial charge is 0.352 e. The average Bonchev–Trinajstić information content (AvgIpc) is 2.93. The molecule has 6 rings (SSSR count). The van der Waals surface area contributed by atoms with E-state index in [-0.39, 0.29) is 11.9 Å². The number of carbonyl (C=O) groups excluding carboxylic acids is 1. The first-order chi connectivity index (χ1) is 13.4. The zero-order chi connectivity index (χ0) is 19.5. The highest BCUT2D eigenvalue weighted by Crippen LogP contribution is 2.61. The third-order valence-electron chi connectivity index (χ3n) is 7.65. The van der Waals surface area contributed by atoms with Crippen molar-refractivity contribution in [2.75, 3.05) is 5.75 Å². The second-order valence-corrected chi connectivity index (χ2v) is 11.7. The lowest BCUT2D eigenvalue weighted by Crippen LogP contribution is -2.56. The quantitative estimate of drug-likeness (QED) is 0.544. The van der Waals surface area contributed by atoms with Gasteiger partial charge in [0, 0.05) is 16.3 Å². The van der Waals surface area contributed by atoms with Gasteiger partial charge in [0.2, 0.25) is 5.91 Å². The van der Waals surface area contributed by atoms with Gasteiger partial charge in [0.05, 0.1) is 5.75 Å². The fourth-order valence-electron chi connectivity index (χ4n) is 6.54. The van der Waals surface area contributed by atoms with Gasteiger partial charge in [0.1, 0.15) is 16.2 Å². The highest BCUT2D eigenvalue weighted by atomic mass is 32.2. The maximum absolute atomic E-state index is 12.8. The second-order valence-electron chi connectivity index (χ2n) is 9.50. The number of aromatic nitrogens is 2. The van der Waals surface area contributed by atoms with Gasteiger partial charge in [0.25, 0.3) is 0 Å². The first kappa shape index (κ1) is 18.9. The van der Waals surface area contributed by atoms with Crippen LogP contribution < -0.4 is 5.32 Å². The van der Waals surface area contributed by atoms with Crippen LogP contribution in [-0.4, -0.2) is 27.7 Å². The van der Waals surface area contributed by atoms with Gasteiger partial charge in [-0.2, -0.15) is 0 Å². The predicted molar refractivity (Wildman–Crippen MR) is 116 cm³/mol. The number of hydrogen-bond acceptors (Lipinski definition) is 5. The lowest BCUT2D eigenvalue weighted by molar-refractivity contribution is -0.123. The monoisotopic (exact) mass is 415 g/mol. The molecule has 28 heavy (non-hydrogen) atoms. The van der Waals surface area contributed by atoms with Gasteiger partial charge < -0.3 is 5.32 Å². The summed E-state index contributed by atoms with van der Waals surface area (Å²) < 4.78 is 0. The molecule has 0 saturated heterocycles. The van der Waals surface area contributed by atoms with E-state index in [0.29, 0.717) is 11.2 Å². The SMILES string of the molecule is Cc1sc2ncnc(SCC(=O)NC(C)C34CC5CC(CC(C5)C3)C4)c2c1C. The van der Waals surface area contributed by atoms with Crippen molar-refractivity contribution in [3.8, 4) is 0 Å². The number of carbonyl (C=O) groups is 1. The van der Waals surface area contributed by atoms with Gasteiger partial charge in [-0.3, -0.25) is 4.79 Å².